The monoisotopic (exact) mass is 462 g/mol. The van der Waals surface area contributed by atoms with Crippen molar-refractivity contribution < 1.29 is 28.6 Å². The van der Waals surface area contributed by atoms with Crippen LogP contribution in [-0.2, 0) is 9.53 Å². The molecule has 3 rings (SSSR count). The first-order valence-corrected chi connectivity index (χ1v) is 10.6. The van der Waals surface area contributed by atoms with E-state index < -0.39 is 18.5 Å². The third kappa shape index (κ3) is 5.92. The molecule has 8 heteroatoms. The molecule has 0 fully saturated rings. The van der Waals surface area contributed by atoms with E-state index in [1.807, 2.05) is 37.3 Å². The number of carbonyl (C=O) groups is 3. The average molecular weight is 463 g/mol. The van der Waals surface area contributed by atoms with E-state index in [4.69, 9.17) is 14.2 Å². The molecule has 8 nitrogen and oxygen atoms in total. The highest BCUT2D eigenvalue weighted by Crippen LogP contribution is 2.31. The molecule has 3 aromatic carbocycles. The van der Waals surface area contributed by atoms with Crippen LogP contribution < -0.4 is 20.1 Å². The smallest absolute Gasteiger partial charge is 0.342 e. The van der Waals surface area contributed by atoms with Crippen LogP contribution in [-0.4, -0.2) is 38.6 Å². The molecule has 34 heavy (non-hydrogen) atoms. The van der Waals surface area contributed by atoms with Gasteiger partial charge in [0, 0.05) is 0 Å². The minimum Gasteiger partial charge on any atom is -0.493 e. The van der Waals surface area contributed by atoms with Gasteiger partial charge in [-0.1, -0.05) is 48.5 Å². The number of benzene rings is 3. The van der Waals surface area contributed by atoms with Crippen molar-refractivity contribution in [2.75, 3.05) is 26.1 Å². The molecule has 0 aliphatic carbocycles. The average Bonchev–Trinajstić information content (AvgIpc) is 2.87. The second-order valence-electron chi connectivity index (χ2n) is 7.32. The van der Waals surface area contributed by atoms with Crippen LogP contribution in [0.1, 0.15) is 39.2 Å². The van der Waals surface area contributed by atoms with Crippen LogP contribution in [0.3, 0.4) is 0 Å². The zero-order chi connectivity index (χ0) is 24.5. The lowest BCUT2D eigenvalue weighted by atomic mass is 10.1. The molecule has 0 bridgehead atoms. The highest BCUT2D eigenvalue weighted by molar-refractivity contribution is 6.04. The molecular weight excluding hydrogens is 436 g/mol. The topological polar surface area (TPSA) is 103 Å². The Balaban J connectivity index is 1.64. The Morgan fingerprint density at radius 3 is 2.21 bits per heavy atom. The maximum absolute atomic E-state index is 12.8. The summed E-state index contributed by atoms with van der Waals surface area (Å²) in [5, 5.41) is 5.55. The predicted molar refractivity (Wildman–Crippen MR) is 127 cm³/mol. The quantitative estimate of drug-likeness (QED) is 0.466. The third-order valence-corrected chi connectivity index (χ3v) is 5.05. The summed E-state index contributed by atoms with van der Waals surface area (Å²) < 4.78 is 15.5. The summed E-state index contributed by atoms with van der Waals surface area (Å²) in [6.07, 6.45) is 0. The van der Waals surface area contributed by atoms with E-state index in [9.17, 15) is 14.4 Å². The Bertz CT molecular complexity index is 1160. The molecular formula is C26H26N2O6. The van der Waals surface area contributed by atoms with Gasteiger partial charge in [-0.3, -0.25) is 9.59 Å². The molecule has 1 atom stereocenters. The molecule has 0 aliphatic rings. The Hall–Kier alpha value is -4.33. The molecule has 2 N–H and O–H groups in total. The van der Waals surface area contributed by atoms with Gasteiger partial charge in [0.1, 0.15) is 5.56 Å². The van der Waals surface area contributed by atoms with Gasteiger partial charge in [0.05, 0.1) is 31.5 Å². The number of rotatable bonds is 9. The van der Waals surface area contributed by atoms with Gasteiger partial charge in [-0.25, -0.2) is 4.79 Å². The molecule has 1 unspecified atom stereocenters. The highest BCUT2D eigenvalue weighted by atomic mass is 16.5. The van der Waals surface area contributed by atoms with E-state index in [1.165, 1.54) is 20.3 Å². The van der Waals surface area contributed by atoms with Crippen LogP contribution in [0.2, 0.25) is 0 Å². The molecule has 0 radical (unpaired) electrons. The Morgan fingerprint density at radius 2 is 1.50 bits per heavy atom. The van der Waals surface area contributed by atoms with E-state index in [0.29, 0.717) is 17.0 Å². The molecule has 0 saturated heterocycles. The first-order valence-electron chi connectivity index (χ1n) is 10.6. The lowest BCUT2D eigenvalue weighted by Gasteiger charge is -2.16. The fourth-order valence-electron chi connectivity index (χ4n) is 3.33. The molecule has 0 spiro atoms. The van der Waals surface area contributed by atoms with Gasteiger partial charge in [0.25, 0.3) is 11.8 Å². The van der Waals surface area contributed by atoms with Gasteiger partial charge >= 0.3 is 5.97 Å². The van der Waals surface area contributed by atoms with Crippen molar-refractivity contribution in [3.05, 3.63) is 89.5 Å². The van der Waals surface area contributed by atoms with E-state index >= 15 is 0 Å². The zero-order valence-corrected chi connectivity index (χ0v) is 19.2. The second kappa shape index (κ2) is 11.5. The molecule has 0 saturated carbocycles. The van der Waals surface area contributed by atoms with Crippen molar-refractivity contribution in [3.63, 3.8) is 0 Å². The number of hydrogen-bond donors (Lipinski definition) is 2. The lowest BCUT2D eigenvalue weighted by molar-refractivity contribution is -0.119. The minimum absolute atomic E-state index is 0.129. The Kier molecular flexibility index (Phi) is 8.23. The zero-order valence-electron chi connectivity index (χ0n) is 19.2. The van der Waals surface area contributed by atoms with Crippen LogP contribution in [0.5, 0.6) is 11.5 Å². The number of amides is 2. The Labute approximate surface area is 197 Å². The number of esters is 1. The van der Waals surface area contributed by atoms with Crippen LogP contribution in [0.25, 0.3) is 0 Å². The number of methoxy groups -OCH3 is 2. The summed E-state index contributed by atoms with van der Waals surface area (Å²) in [5.41, 5.74) is 1.68. The summed E-state index contributed by atoms with van der Waals surface area (Å²) in [6.45, 7) is 1.33. The van der Waals surface area contributed by atoms with Gasteiger partial charge in [0.15, 0.2) is 18.1 Å². The van der Waals surface area contributed by atoms with Crippen LogP contribution in [0.15, 0.2) is 72.8 Å². The molecule has 2 amide bonds. The first kappa shape index (κ1) is 24.3. The summed E-state index contributed by atoms with van der Waals surface area (Å²) in [7, 11) is 2.86. The van der Waals surface area contributed by atoms with E-state index in [2.05, 4.69) is 10.6 Å². The largest absolute Gasteiger partial charge is 0.493 e. The maximum Gasteiger partial charge on any atom is 0.342 e. The van der Waals surface area contributed by atoms with Crippen LogP contribution in [0.4, 0.5) is 5.69 Å². The molecule has 3 aromatic rings. The summed E-state index contributed by atoms with van der Waals surface area (Å²) in [6, 6.07) is 20.7. The number of carbonyl (C=O) groups excluding carboxylic acids is 3. The van der Waals surface area contributed by atoms with Gasteiger partial charge in [-0.2, -0.15) is 0 Å². The van der Waals surface area contributed by atoms with Crippen molar-refractivity contribution in [2.45, 2.75) is 13.0 Å². The lowest BCUT2D eigenvalue weighted by Crippen LogP contribution is -2.28. The van der Waals surface area contributed by atoms with Crippen molar-refractivity contribution in [2.24, 2.45) is 0 Å². The third-order valence-electron chi connectivity index (χ3n) is 5.05. The molecule has 0 heterocycles. The molecule has 0 aliphatic heterocycles. The normalized spacial score (nSPS) is 11.1. The SMILES string of the molecule is COc1cccc(C(=O)OCC(=O)Nc2ccccc2C(=O)NC(C)c2ccccc2)c1OC. The fraction of sp³-hybridized carbons (Fsp3) is 0.192. The maximum atomic E-state index is 12.8. The second-order valence-corrected chi connectivity index (χ2v) is 7.32. The van der Waals surface area contributed by atoms with E-state index in [-0.39, 0.29) is 23.3 Å². The van der Waals surface area contributed by atoms with Crippen LogP contribution in [0, 0.1) is 0 Å². The number of hydrogen-bond acceptors (Lipinski definition) is 6. The van der Waals surface area contributed by atoms with Gasteiger partial charge in [0.2, 0.25) is 0 Å². The van der Waals surface area contributed by atoms with Crippen LogP contribution >= 0.6 is 0 Å². The molecule has 0 aromatic heterocycles. The fourth-order valence-corrected chi connectivity index (χ4v) is 3.33. The number of para-hydroxylation sites is 2. The summed E-state index contributed by atoms with van der Waals surface area (Å²) in [4.78, 5) is 37.8. The van der Waals surface area contributed by atoms with Crippen molar-refractivity contribution >= 4 is 23.5 Å². The van der Waals surface area contributed by atoms with Crippen molar-refractivity contribution in [1.29, 1.82) is 0 Å². The van der Waals surface area contributed by atoms with Crippen molar-refractivity contribution in [1.82, 2.24) is 5.32 Å². The summed E-state index contributed by atoms with van der Waals surface area (Å²) in [5.74, 6) is -1.10. The minimum atomic E-state index is -0.742. The van der Waals surface area contributed by atoms with E-state index in [1.54, 1.807) is 36.4 Å². The van der Waals surface area contributed by atoms with Gasteiger partial charge in [-0.15, -0.1) is 0 Å². The number of anilines is 1. The Morgan fingerprint density at radius 1 is 0.824 bits per heavy atom. The summed E-state index contributed by atoms with van der Waals surface area (Å²) >= 11 is 0. The van der Waals surface area contributed by atoms with Gasteiger partial charge in [-0.05, 0) is 36.8 Å². The highest BCUT2D eigenvalue weighted by Gasteiger charge is 2.20. The first-order chi connectivity index (χ1) is 16.4. The molecule has 176 valence electrons. The van der Waals surface area contributed by atoms with E-state index in [0.717, 1.165) is 5.56 Å². The van der Waals surface area contributed by atoms with Crippen molar-refractivity contribution in [3.8, 4) is 11.5 Å². The van der Waals surface area contributed by atoms with Gasteiger partial charge < -0.3 is 24.8 Å². The number of ether oxygens (including phenoxy) is 3. The predicted octanol–water partition coefficient (Wildman–Crippen LogP) is 3.99. The number of nitrogens with one attached hydrogen (secondary N) is 2. The standard InChI is InChI=1S/C26H26N2O6/c1-17(18-10-5-4-6-11-18)27-25(30)19-12-7-8-14-21(19)28-23(29)16-34-26(31)20-13-9-15-22(32-2)24(20)33-3/h4-15,17H,16H2,1-3H3,(H,27,30)(H,28,29).